The molecule has 1 unspecified atom stereocenters. The van der Waals surface area contributed by atoms with Crippen LogP contribution in [-0.2, 0) is 6.54 Å². The van der Waals surface area contributed by atoms with E-state index in [2.05, 4.69) is 18.1 Å². The van der Waals surface area contributed by atoms with Crippen molar-refractivity contribution in [2.24, 2.45) is 0 Å². The second kappa shape index (κ2) is 4.57. The van der Waals surface area contributed by atoms with Gasteiger partial charge in [0.15, 0.2) is 0 Å². The molecule has 5 nitrogen and oxygen atoms in total. The third-order valence-electron chi connectivity index (χ3n) is 3.36. The number of aromatic nitrogens is 3. The van der Waals surface area contributed by atoms with Crippen molar-refractivity contribution in [2.75, 3.05) is 5.73 Å². The number of nitriles is 1. The highest BCUT2D eigenvalue weighted by molar-refractivity contribution is 5.58. The van der Waals surface area contributed by atoms with E-state index < -0.39 is 0 Å². The molecule has 2 aromatic heterocycles. The Balaban J connectivity index is 2.37. The van der Waals surface area contributed by atoms with Gasteiger partial charge < -0.3 is 10.3 Å². The minimum Gasteiger partial charge on any atom is -0.384 e. The summed E-state index contributed by atoms with van der Waals surface area (Å²) in [5.74, 6) is 0.548. The summed E-state index contributed by atoms with van der Waals surface area (Å²) in [6.07, 6.45) is 3.67. The molecule has 2 heterocycles. The van der Waals surface area contributed by atoms with Gasteiger partial charge in [0.25, 0.3) is 0 Å². The molecule has 18 heavy (non-hydrogen) atoms. The number of nitrogens with zero attached hydrogens (tertiary/aromatic N) is 4. The predicted molar refractivity (Wildman–Crippen MR) is 70.0 cm³/mol. The number of hydrogen-bond donors (Lipinski definition) is 1. The van der Waals surface area contributed by atoms with Crippen molar-refractivity contribution in [3.63, 3.8) is 0 Å². The lowest BCUT2D eigenvalue weighted by Crippen LogP contribution is -2.16. The molecule has 0 radical (unpaired) electrons. The van der Waals surface area contributed by atoms with Gasteiger partial charge in [-0.15, -0.1) is 0 Å². The summed E-state index contributed by atoms with van der Waals surface area (Å²) < 4.78 is 3.88. The average molecular weight is 243 g/mol. The summed E-state index contributed by atoms with van der Waals surface area (Å²) in [5, 5.41) is 13.3. The van der Waals surface area contributed by atoms with Crippen LogP contribution in [0.5, 0.6) is 0 Å². The molecule has 0 spiro atoms. The van der Waals surface area contributed by atoms with E-state index in [0.29, 0.717) is 11.4 Å². The van der Waals surface area contributed by atoms with Crippen LogP contribution < -0.4 is 5.73 Å². The summed E-state index contributed by atoms with van der Waals surface area (Å²) in [6.45, 7) is 6.73. The second-order valence-corrected chi connectivity index (χ2v) is 4.53. The van der Waals surface area contributed by atoms with E-state index in [0.717, 1.165) is 17.8 Å². The van der Waals surface area contributed by atoms with Crippen LogP contribution in [0.25, 0.3) is 0 Å². The lowest BCUT2D eigenvalue weighted by Gasteiger charge is -2.18. The van der Waals surface area contributed by atoms with E-state index in [4.69, 9.17) is 11.0 Å². The summed E-state index contributed by atoms with van der Waals surface area (Å²) >= 11 is 0. The maximum Gasteiger partial charge on any atom is 0.122 e. The minimum absolute atomic E-state index is 0.158. The lowest BCUT2D eigenvalue weighted by molar-refractivity contribution is 0.436. The molecule has 5 heteroatoms. The highest BCUT2D eigenvalue weighted by Gasteiger charge is 2.19. The zero-order chi connectivity index (χ0) is 13.3. The highest BCUT2D eigenvalue weighted by atomic mass is 15.3. The molecule has 1 atom stereocenters. The maximum atomic E-state index is 9.11. The molecule has 2 aromatic rings. The SMILES string of the molecule is Cc1c(C#N)c(N)n(C(C)Cn2cccn2)c1C. The first-order valence-corrected chi connectivity index (χ1v) is 5.90. The summed E-state index contributed by atoms with van der Waals surface area (Å²) in [5.41, 5.74) is 8.64. The van der Waals surface area contributed by atoms with E-state index in [9.17, 15) is 0 Å². The van der Waals surface area contributed by atoms with Crippen LogP contribution in [0, 0.1) is 25.2 Å². The van der Waals surface area contributed by atoms with E-state index in [-0.39, 0.29) is 6.04 Å². The monoisotopic (exact) mass is 243 g/mol. The normalized spacial score (nSPS) is 12.3. The van der Waals surface area contributed by atoms with Gasteiger partial charge in [-0.2, -0.15) is 10.4 Å². The van der Waals surface area contributed by atoms with Crippen LogP contribution in [-0.4, -0.2) is 14.3 Å². The van der Waals surface area contributed by atoms with Gasteiger partial charge in [0.2, 0.25) is 0 Å². The van der Waals surface area contributed by atoms with Crippen molar-refractivity contribution in [1.29, 1.82) is 5.26 Å². The summed E-state index contributed by atoms with van der Waals surface area (Å²) in [7, 11) is 0. The molecule has 0 amide bonds. The largest absolute Gasteiger partial charge is 0.384 e. The lowest BCUT2D eigenvalue weighted by atomic mass is 10.2. The molecule has 0 aromatic carbocycles. The van der Waals surface area contributed by atoms with Gasteiger partial charge in [0.1, 0.15) is 11.9 Å². The van der Waals surface area contributed by atoms with Gasteiger partial charge in [0, 0.05) is 18.1 Å². The van der Waals surface area contributed by atoms with Gasteiger partial charge >= 0.3 is 0 Å². The van der Waals surface area contributed by atoms with Crippen molar-refractivity contribution in [3.05, 3.63) is 35.3 Å². The first-order chi connectivity index (χ1) is 8.56. The Morgan fingerprint density at radius 1 is 1.50 bits per heavy atom. The molecule has 0 fully saturated rings. The topological polar surface area (TPSA) is 72.6 Å². The van der Waals surface area contributed by atoms with Crippen LogP contribution in [0.4, 0.5) is 5.82 Å². The number of nitrogens with two attached hydrogens (primary N) is 1. The zero-order valence-electron chi connectivity index (χ0n) is 10.9. The van der Waals surface area contributed by atoms with E-state index in [1.165, 1.54) is 0 Å². The Morgan fingerprint density at radius 3 is 2.72 bits per heavy atom. The van der Waals surface area contributed by atoms with Crippen molar-refractivity contribution >= 4 is 5.82 Å². The Labute approximate surface area is 106 Å². The third kappa shape index (κ3) is 1.86. The van der Waals surface area contributed by atoms with E-state index >= 15 is 0 Å². The van der Waals surface area contributed by atoms with Crippen molar-refractivity contribution in [3.8, 4) is 6.07 Å². The van der Waals surface area contributed by atoms with Gasteiger partial charge in [-0.25, -0.2) is 0 Å². The number of nitrogen functional groups attached to an aromatic ring is 1. The molecule has 0 aliphatic rings. The fourth-order valence-corrected chi connectivity index (χ4v) is 2.32. The molecule has 2 rings (SSSR count). The maximum absolute atomic E-state index is 9.11. The zero-order valence-corrected chi connectivity index (χ0v) is 10.9. The van der Waals surface area contributed by atoms with E-state index in [1.807, 2.05) is 35.4 Å². The second-order valence-electron chi connectivity index (χ2n) is 4.53. The minimum atomic E-state index is 0.158. The molecule has 0 aliphatic carbocycles. The molecular weight excluding hydrogens is 226 g/mol. The van der Waals surface area contributed by atoms with Gasteiger partial charge in [0.05, 0.1) is 18.2 Å². The van der Waals surface area contributed by atoms with Crippen LogP contribution in [0.3, 0.4) is 0 Å². The number of anilines is 1. The molecule has 0 aliphatic heterocycles. The Morgan fingerprint density at radius 2 is 2.22 bits per heavy atom. The van der Waals surface area contributed by atoms with Gasteiger partial charge in [-0.1, -0.05) is 0 Å². The smallest absolute Gasteiger partial charge is 0.122 e. The van der Waals surface area contributed by atoms with Crippen molar-refractivity contribution in [2.45, 2.75) is 33.4 Å². The quantitative estimate of drug-likeness (QED) is 0.896. The third-order valence-corrected chi connectivity index (χ3v) is 3.36. The number of rotatable bonds is 3. The van der Waals surface area contributed by atoms with Gasteiger partial charge in [-0.05, 0) is 32.4 Å². The molecule has 0 saturated heterocycles. The molecule has 94 valence electrons. The molecule has 0 bridgehead atoms. The van der Waals surface area contributed by atoms with Crippen LogP contribution in [0.15, 0.2) is 18.5 Å². The Kier molecular flexibility index (Phi) is 3.11. The fourth-order valence-electron chi connectivity index (χ4n) is 2.32. The van der Waals surface area contributed by atoms with Crippen LogP contribution in [0.2, 0.25) is 0 Å². The fraction of sp³-hybridized carbons (Fsp3) is 0.385. The Hall–Kier alpha value is -2.22. The molecule has 0 saturated carbocycles. The number of hydrogen-bond acceptors (Lipinski definition) is 3. The molecular formula is C13H17N5. The standard InChI is InChI=1S/C13H17N5/c1-9(8-17-6-4-5-16-17)18-11(3)10(2)12(7-14)13(18)15/h4-6,9H,8,15H2,1-3H3. The van der Waals surface area contributed by atoms with Crippen LogP contribution >= 0.6 is 0 Å². The van der Waals surface area contributed by atoms with E-state index in [1.54, 1.807) is 6.20 Å². The Bertz CT molecular complexity index is 586. The molecule has 2 N–H and O–H groups in total. The first-order valence-electron chi connectivity index (χ1n) is 5.90. The van der Waals surface area contributed by atoms with Crippen molar-refractivity contribution in [1.82, 2.24) is 14.3 Å². The van der Waals surface area contributed by atoms with Crippen molar-refractivity contribution < 1.29 is 0 Å². The highest BCUT2D eigenvalue weighted by Crippen LogP contribution is 2.27. The van der Waals surface area contributed by atoms with Gasteiger partial charge in [-0.3, -0.25) is 4.68 Å². The predicted octanol–water partition coefficient (Wildman–Crippen LogP) is 2.02. The average Bonchev–Trinajstić information content (AvgIpc) is 2.88. The first kappa shape index (κ1) is 12.2. The summed E-state index contributed by atoms with van der Waals surface area (Å²) in [6, 6.07) is 4.22. The van der Waals surface area contributed by atoms with Crippen LogP contribution in [0.1, 0.15) is 29.8 Å². The summed E-state index contributed by atoms with van der Waals surface area (Å²) in [4.78, 5) is 0.